The fourth-order valence-corrected chi connectivity index (χ4v) is 3.19. The van der Waals surface area contributed by atoms with Gasteiger partial charge in [-0.15, -0.1) is 0 Å². The van der Waals surface area contributed by atoms with Crippen LogP contribution < -0.4 is 4.74 Å². The van der Waals surface area contributed by atoms with Crippen molar-refractivity contribution in [3.05, 3.63) is 29.6 Å². The van der Waals surface area contributed by atoms with Gasteiger partial charge in [-0.1, -0.05) is 6.92 Å². The van der Waals surface area contributed by atoms with Crippen molar-refractivity contribution in [3.63, 3.8) is 0 Å². The van der Waals surface area contributed by atoms with Gasteiger partial charge in [0.15, 0.2) is 0 Å². The summed E-state index contributed by atoms with van der Waals surface area (Å²) in [5, 5.41) is 10.3. The number of nitrogens with zero attached hydrogens (tertiary/aromatic N) is 1. The Hall–Kier alpha value is -1.13. The molecule has 1 atom stereocenters. The number of fused-ring (bicyclic) bond motifs is 1. The maximum atomic E-state index is 13.2. The highest BCUT2D eigenvalue weighted by atomic mass is 19.1. The van der Waals surface area contributed by atoms with Gasteiger partial charge in [-0.3, -0.25) is 0 Å². The fourth-order valence-electron chi connectivity index (χ4n) is 3.19. The largest absolute Gasteiger partial charge is 0.487 e. The van der Waals surface area contributed by atoms with Crippen LogP contribution in [-0.4, -0.2) is 35.2 Å². The van der Waals surface area contributed by atoms with E-state index in [9.17, 15) is 9.50 Å². The molecule has 1 N–H and O–H groups in total. The molecule has 0 amide bonds. The zero-order valence-corrected chi connectivity index (χ0v) is 11.2. The quantitative estimate of drug-likeness (QED) is 0.847. The number of halogens is 1. The topological polar surface area (TPSA) is 32.7 Å². The van der Waals surface area contributed by atoms with Crippen LogP contribution in [0.5, 0.6) is 5.75 Å². The number of hydrogen-bond acceptors (Lipinski definition) is 3. The highest BCUT2D eigenvalue weighted by Crippen LogP contribution is 2.44. The third-order valence-electron chi connectivity index (χ3n) is 4.44. The molecular formula is C15H20FNO2. The fraction of sp³-hybridized carbons (Fsp3) is 0.600. The Kier molecular flexibility index (Phi) is 3.23. The summed E-state index contributed by atoms with van der Waals surface area (Å²) >= 11 is 0. The molecule has 1 spiro atoms. The zero-order valence-electron chi connectivity index (χ0n) is 11.2. The van der Waals surface area contributed by atoms with Crippen LogP contribution in [-0.2, 0) is 0 Å². The zero-order chi connectivity index (χ0) is 13.5. The number of benzene rings is 1. The minimum Gasteiger partial charge on any atom is -0.487 e. The van der Waals surface area contributed by atoms with Crippen LogP contribution in [0.15, 0.2) is 18.2 Å². The molecule has 0 radical (unpaired) electrons. The van der Waals surface area contributed by atoms with Gasteiger partial charge in [0, 0.05) is 25.1 Å². The van der Waals surface area contributed by atoms with Gasteiger partial charge < -0.3 is 14.7 Å². The Bertz CT molecular complexity index is 469. The molecule has 0 aliphatic carbocycles. The van der Waals surface area contributed by atoms with Gasteiger partial charge in [0.2, 0.25) is 0 Å². The molecule has 0 bridgehead atoms. The molecule has 2 aliphatic rings. The van der Waals surface area contributed by atoms with E-state index in [1.54, 1.807) is 6.07 Å². The van der Waals surface area contributed by atoms with Crippen LogP contribution >= 0.6 is 0 Å². The Morgan fingerprint density at radius 1 is 1.42 bits per heavy atom. The standard InChI is InChI=1S/C15H20FNO2/c1-2-17-7-5-15(6-8-17)10-13(18)12-9-11(16)3-4-14(12)19-15/h3-4,9,13,18H,2,5-8,10H2,1H3/t13-/m1/s1. The van der Waals surface area contributed by atoms with Gasteiger partial charge in [0.1, 0.15) is 17.2 Å². The second-order valence-corrected chi connectivity index (χ2v) is 5.62. The smallest absolute Gasteiger partial charge is 0.126 e. The number of hydrogen-bond donors (Lipinski definition) is 1. The Morgan fingerprint density at radius 3 is 2.84 bits per heavy atom. The number of piperidine rings is 1. The first-order chi connectivity index (χ1) is 9.12. The van der Waals surface area contributed by atoms with Gasteiger partial charge in [-0.25, -0.2) is 4.39 Å². The number of likely N-dealkylation sites (tertiary alicyclic amines) is 1. The lowest BCUT2D eigenvalue weighted by Crippen LogP contribution is -2.50. The Morgan fingerprint density at radius 2 is 2.16 bits per heavy atom. The van der Waals surface area contributed by atoms with Gasteiger partial charge in [-0.05, 0) is 37.6 Å². The monoisotopic (exact) mass is 265 g/mol. The molecule has 1 saturated heterocycles. The van der Waals surface area contributed by atoms with Gasteiger partial charge >= 0.3 is 0 Å². The number of aliphatic hydroxyl groups excluding tert-OH is 1. The lowest BCUT2D eigenvalue weighted by molar-refractivity contribution is -0.0532. The molecule has 0 saturated carbocycles. The van der Waals surface area contributed by atoms with Crippen LogP contribution in [0.3, 0.4) is 0 Å². The SMILES string of the molecule is CCN1CCC2(CC1)C[C@@H](O)c1cc(F)ccc1O2. The predicted octanol–water partition coefficient (Wildman–Crippen LogP) is 2.50. The van der Waals surface area contributed by atoms with Gasteiger partial charge in [0.05, 0.1) is 6.10 Å². The molecule has 2 heterocycles. The Balaban J connectivity index is 1.83. The summed E-state index contributed by atoms with van der Waals surface area (Å²) in [6.07, 6.45) is 1.80. The van der Waals surface area contributed by atoms with E-state index in [-0.39, 0.29) is 11.4 Å². The summed E-state index contributed by atoms with van der Waals surface area (Å²) in [6.45, 7) is 5.21. The highest BCUT2D eigenvalue weighted by molar-refractivity contribution is 5.38. The van der Waals surface area contributed by atoms with Crippen LogP contribution in [0.25, 0.3) is 0 Å². The third-order valence-corrected chi connectivity index (χ3v) is 4.44. The average Bonchev–Trinajstić information content (AvgIpc) is 2.41. The van der Waals surface area contributed by atoms with Gasteiger partial charge in [-0.2, -0.15) is 0 Å². The Labute approximate surface area is 113 Å². The molecule has 104 valence electrons. The van der Waals surface area contributed by atoms with E-state index in [0.717, 1.165) is 32.5 Å². The minimum atomic E-state index is -0.618. The van der Waals surface area contributed by atoms with E-state index < -0.39 is 6.10 Å². The van der Waals surface area contributed by atoms with Crippen LogP contribution in [0, 0.1) is 5.82 Å². The van der Waals surface area contributed by atoms with Crippen LogP contribution in [0.4, 0.5) is 4.39 Å². The van der Waals surface area contributed by atoms with Crippen LogP contribution in [0.1, 0.15) is 37.9 Å². The maximum absolute atomic E-state index is 13.2. The molecule has 3 nitrogen and oxygen atoms in total. The van der Waals surface area contributed by atoms with Crippen molar-refractivity contribution < 1.29 is 14.2 Å². The minimum absolute atomic E-state index is 0.268. The number of ether oxygens (including phenoxy) is 1. The molecule has 19 heavy (non-hydrogen) atoms. The van der Waals surface area contributed by atoms with Crippen molar-refractivity contribution in [2.45, 2.75) is 37.9 Å². The van der Waals surface area contributed by atoms with E-state index in [2.05, 4.69) is 11.8 Å². The average molecular weight is 265 g/mol. The maximum Gasteiger partial charge on any atom is 0.126 e. The normalized spacial score (nSPS) is 25.9. The first kappa shape index (κ1) is 12.9. The molecule has 1 aromatic rings. The molecule has 1 fully saturated rings. The van der Waals surface area contributed by atoms with E-state index >= 15 is 0 Å². The van der Waals surface area contributed by atoms with E-state index in [4.69, 9.17) is 4.74 Å². The number of aliphatic hydroxyl groups is 1. The summed E-state index contributed by atoms with van der Waals surface area (Å²) in [5.74, 6) is 0.322. The summed E-state index contributed by atoms with van der Waals surface area (Å²) in [7, 11) is 0. The summed E-state index contributed by atoms with van der Waals surface area (Å²) < 4.78 is 19.4. The molecule has 0 aromatic heterocycles. The van der Waals surface area contributed by atoms with E-state index in [1.165, 1.54) is 12.1 Å². The lowest BCUT2D eigenvalue weighted by Gasteiger charge is -2.45. The molecule has 2 aliphatic heterocycles. The van der Waals surface area contributed by atoms with Crippen molar-refractivity contribution in [3.8, 4) is 5.75 Å². The van der Waals surface area contributed by atoms with Gasteiger partial charge in [0.25, 0.3) is 0 Å². The van der Waals surface area contributed by atoms with Crippen LogP contribution in [0.2, 0.25) is 0 Å². The molecular weight excluding hydrogens is 245 g/mol. The predicted molar refractivity (Wildman–Crippen MR) is 70.7 cm³/mol. The summed E-state index contributed by atoms with van der Waals surface area (Å²) in [4.78, 5) is 2.39. The first-order valence-corrected chi connectivity index (χ1v) is 7.01. The third kappa shape index (κ3) is 2.35. The molecule has 3 rings (SSSR count). The second kappa shape index (κ2) is 4.76. The molecule has 0 unspecified atom stereocenters. The first-order valence-electron chi connectivity index (χ1n) is 7.01. The van der Waals surface area contributed by atoms with Crippen molar-refractivity contribution in [1.29, 1.82) is 0 Å². The highest BCUT2D eigenvalue weighted by Gasteiger charge is 2.42. The van der Waals surface area contributed by atoms with E-state index in [1.807, 2.05) is 0 Å². The van der Waals surface area contributed by atoms with Crippen molar-refractivity contribution in [1.82, 2.24) is 4.90 Å². The van der Waals surface area contributed by atoms with Crippen molar-refractivity contribution >= 4 is 0 Å². The summed E-state index contributed by atoms with van der Waals surface area (Å²) in [6, 6.07) is 4.42. The van der Waals surface area contributed by atoms with Crippen molar-refractivity contribution in [2.75, 3.05) is 19.6 Å². The van der Waals surface area contributed by atoms with Crippen molar-refractivity contribution in [2.24, 2.45) is 0 Å². The second-order valence-electron chi connectivity index (χ2n) is 5.62. The lowest BCUT2D eigenvalue weighted by atomic mass is 9.81. The number of rotatable bonds is 1. The molecule has 1 aromatic carbocycles. The molecule has 4 heteroatoms. The summed E-state index contributed by atoms with van der Waals surface area (Å²) in [5.41, 5.74) is 0.319. The van der Waals surface area contributed by atoms with E-state index in [0.29, 0.717) is 17.7 Å².